The number of halogens is 1. The molecule has 0 aliphatic rings. The van der Waals surface area contributed by atoms with Crippen molar-refractivity contribution in [3.8, 4) is 34.3 Å². The maximum absolute atomic E-state index is 14.9. The van der Waals surface area contributed by atoms with Gasteiger partial charge in [-0.2, -0.15) is 14.6 Å². The maximum atomic E-state index is 14.9. The Morgan fingerprint density at radius 1 is 1.05 bits per heavy atom. The molecular weight excluding hydrogens is 553 g/mol. The molecule has 7 rings (SSSR count). The molecule has 208 valence electrons. The highest BCUT2D eigenvalue weighted by Crippen LogP contribution is 2.32. The van der Waals surface area contributed by atoms with E-state index in [1.54, 1.807) is 22.9 Å². The molecule has 0 bridgehead atoms. The van der Waals surface area contributed by atoms with Crippen molar-refractivity contribution in [1.82, 2.24) is 24.4 Å². The van der Waals surface area contributed by atoms with Crippen LogP contribution in [0.2, 0.25) is 0 Å². The second kappa shape index (κ2) is 10.4. The summed E-state index contributed by atoms with van der Waals surface area (Å²) < 4.78 is 29.9. The van der Waals surface area contributed by atoms with Gasteiger partial charge < -0.3 is 9.15 Å². The molecule has 0 saturated carbocycles. The lowest BCUT2D eigenvalue weighted by molar-refractivity contribution is 0.301. The smallest absolute Gasteiger partial charge is 0.291 e. The van der Waals surface area contributed by atoms with Gasteiger partial charge >= 0.3 is 0 Å². The monoisotopic (exact) mass is 577 g/mol. The molecule has 10 heteroatoms. The van der Waals surface area contributed by atoms with Crippen LogP contribution >= 0.6 is 11.3 Å². The first-order chi connectivity index (χ1) is 20.5. The maximum Gasteiger partial charge on any atom is 0.291 e. The van der Waals surface area contributed by atoms with Crippen LogP contribution in [0.25, 0.3) is 50.5 Å². The third-order valence-electron chi connectivity index (χ3n) is 6.95. The Labute approximate surface area is 242 Å². The van der Waals surface area contributed by atoms with Gasteiger partial charge in [0.15, 0.2) is 17.3 Å². The summed E-state index contributed by atoms with van der Waals surface area (Å²) in [5, 5.41) is 10.2. The summed E-state index contributed by atoms with van der Waals surface area (Å²) in [4.78, 5) is 18.5. The topological polar surface area (TPSA) is 87.4 Å². The third-order valence-corrected chi connectivity index (χ3v) is 7.90. The first-order valence-electron chi connectivity index (χ1n) is 13.5. The van der Waals surface area contributed by atoms with Crippen molar-refractivity contribution in [3.05, 3.63) is 111 Å². The van der Waals surface area contributed by atoms with Crippen LogP contribution in [0.4, 0.5) is 4.39 Å². The number of furan rings is 1. The van der Waals surface area contributed by atoms with Crippen LogP contribution in [0.15, 0.2) is 88.2 Å². The minimum Gasteiger partial charge on any atom is -0.491 e. The molecule has 0 saturated heterocycles. The highest BCUT2D eigenvalue weighted by atomic mass is 32.1. The van der Waals surface area contributed by atoms with Crippen LogP contribution in [-0.2, 0) is 0 Å². The van der Waals surface area contributed by atoms with E-state index in [4.69, 9.17) is 14.3 Å². The third kappa shape index (κ3) is 4.46. The Hall–Kier alpha value is -5.09. The quantitative estimate of drug-likeness (QED) is 0.224. The fourth-order valence-corrected chi connectivity index (χ4v) is 5.76. The van der Waals surface area contributed by atoms with E-state index < -0.39 is 5.82 Å². The number of hydrogen-bond acceptors (Lipinski definition) is 7. The van der Waals surface area contributed by atoms with Crippen LogP contribution in [0.1, 0.15) is 24.5 Å². The molecule has 0 unspecified atom stereocenters. The zero-order chi connectivity index (χ0) is 28.8. The number of fused-ring (bicyclic) bond motifs is 2. The molecule has 0 atom stereocenters. The zero-order valence-electron chi connectivity index (χ0n) is 22.7. The largest absolute Gasteiger partial charge is 0.491 e. The van der Waals surface area contributed by atoms with E-state index in [-0.39, 0.29) is 11.3 Å². The molecule has 0 radical (unpaired) electrons. The van der Waals surface area contributed by atoms with E-state index >= 15 is 0 Å². The van der Waals surface area contributed by atoms with Crippen molar-refractivity contribution >= 4 is 33.3 Å². The summed E-state index contributed by atoms with van der Waals surface area (Å²) in [7, 11) is 0. The molecular formula is C32H24FN5O3S. The fourth-order valence-electron chi connectivity index (χ4n) is 4.87. The lowest BCUT2D eigenvalue weighted by atomic mass is 10.1. The summed E-state index contributed by atoms with van der Waals surface area (Å²) in [5.74, 6) is 0.614. The zero-order valence-corrected chi connectivity index (χ0v) is 23.6. The summed E-state index contributed by atoms with van der Waals surface area (Å²) in [6.07, 6.45) is 4.34. The fraction of sp³-hybridized carbons (Fsp3) is 0.125. The highest BCUT2D eigenvalue weighted by molar-refractivity contribution is 7.15. The number of thiazole rings is 1. The SMILES string of the molecule is CCCOc1ccc(-c2nn(-c3ccccc3)cc2/C=c2\sc3nc(-c4oc5ccccc5c4C)nn3c2=O)cc1F. The predicted octanol–water partition coefficient (Wildman–Crippen LogP) is 6.20. The van der Waals surface area contributed by atoms with E-state index in [1.807, 2.05) is 74.6 Å². The molecule has 8 nitrogen and oxygen atoms in total. The van der Waals surface area contributed by atoms with Gasteiger partial charge in [-0.25, -0.2) is 9.07 Å². The molecule has 7 aromatic rings. The van der Waals surface area contributed by atoms with Crippen molar-refractivity contribution in [1.29, 1.82) is 0 Å². The molecule has 0 amide bonds. The Morgan fingerprint density at radius 3 is 2.62 bits per heavy atom. The average Bonchev–Trinajstić information content (AvgIpc) is 3.77. The molecule has 0 aliphatic heterocycles. The lowest BCUT2D eigenvalue weighted by Crippen LogP contribution is -2.23. The number of ether oxygens (including phenoxy) is 1. The average molecular weight is 578 g/mol. The summed E-state index contributed by atoms with van der Waals surface area (Å²) in [6.45, 7) is 4.34. The Balaban J connectivity index is 1.33. The number of para-hydroxylation sites is 2. The molecule has 0 N–H and O–H groups in total. The van der Waals surface area contributed by atoms with Gasteiger partial charge in [0.25, 0.3) is 5.56 Å². The van der Waals surface area contributed by atoms with Gasteiger partial charge in [-0.15, -0.1) is 5.10 Å². The van der Waals surface area contributed by atoms with Gasteiger partial charge in [-0.1, -0.05) is 54.7 Å². The number of hydrogen-bond donors (Lipinski definition) is 0. The molecule has 4 aromatic heterocycles. The van der Waals surface area contributed by atoms with Crippen molar-refractivity contribution in [2.24, 2.45) is 0 Å². The van der Waals surface area contributed by atoms with Crippen molar-refractivity contribution in [3.63, 3.8) is 0 Å². The molecule has 4 heterocycles. The molecule has 0 fully saturated rings. The van der Waals surface area contributed by atoms with Gasteiger partial charge in [0.05, 0.1) is 16.8 Å². The van der Waals surface area contributed by atoms with E-state index in [0.717, 1.165) is 28.6 Å². The summed E-state index contributed by atoms with van der Waals surface area (Å²) in [6, 6.07) is 22.1. The van der Waals surface area contributed by atoms with Crippen LogP contribution in [0.5, 0.6) is 5.75 Å². The van der Waals surface area contributed by atoms with Crippen LogP contribution in [0, 0.1) is 12.7 Å². The Bertz CT molecular complexity index is 2200. The minimum absolute atomic E-state index is 0.191. The first kappa shape index (κ1) is 25.8. The standard InChI is InChI=1S/C32H24FN5O3S/c1-3-15-40-26-14-13-20(16-24(26)33)28-21(18-37(35-28)22-9-5-4-6-10-22)17-27-31(39)38-32(42-27)34-30(36-38)29-19(2)23-11-7-8-12-25(23)41-29/h4-14,16-18H,3,15H2,1-2H3/b27-17-. The Morgan fingerprint density at radius 2 is 1.86 bits per heavy atom. The molecule has 42 heavy (non-hydrogen) atoms. The lowest BCUT2D eigenvalue weighted by Gasteiger charge is -2.07. The predicted molar refractivity (Wildman–Crippen MR) is 161 cm³/mol. The molecule has 3 aromatic carbocycles. The second-order valence-corrected chi connectivity index (χ2v) is 10.8. The normalized spacial score (nSPS) is 12.1. The number of nitrogens with zero attached hydrogens (tertiary/aromatic N) is 5. The second-order valence-electron chi connectivity index (χ2n) is 9.80. The summed E-state index contributed by atoms with van der Waals surface area (Å²) >= 11 is 1.22. The number of rotatable bonds is 7. The highest BCUT2D eigenvalue weighted by Gasteiger charge is 2.20. The van der Waals surface area contributed by atoms with Gasteiger partial charge in [0.2, 0.25) is 10.8 Å². The Kier molecular flexibility index (Phi) is 6.39. The molecule has 0 aliphatic carbocycles. The van der Waals surface area contributed by atoms with Crippen molar-refractivity contribution < 1.29 is 13.5 Å². The van der Waals surface area contributed by atoms with Crippen molar-refractivity contribution in [2.45, 2.75) is 20.3 Å². The minimum atomic E-state index is -0.474. The first-order valence-corrected chi connectivity index (χ1v) is 14.3. The van der Waals surface area contributed by atoms with Gasteiger partial charge in [0, 0.05) is 28.3 Å². The number of aryl methyl sites for hydroxylation is 1. The van der Waals surface area contributed by atoms with Crippen LogP contribution in [0.3, 0.4) is 0 Å². The van der Waals surface area contributed by atoms with E-state index in [0.29, 0.717) is 44.5 Å². The van der Waals surface area contributed by atoms with Gasteiger partial charge in [-0.3, -0.25) is 4.79 Å². The van der Waals surface area contributed by atoms with Crippen LogP contribution in [-0.4, -0.2) is 31.0 Å². The van der Waals surface area contributed by atoms with Gasteiger partial charge in [0.1, 0.15) is 11.3 Å². The van der Waals surface area contributed by atoms with E-state index in [2.05, 4.69) is 10.1 Å². The summed E-state index contributed by atoms with van der Waals surface area (Å²) in [5.41, 5.74) is 3.91. The van der Waals surface area contributed by atoms with E-state index in [9.17, 15) is 9.18 Å². The van der Waals surface area contributed by atoms with Crippen LogP contribution < -0.4 is 14.8 Å². The molecule has 0 spiro atoms. The van der Waals surface area contributed by atoms with Crippen molar-refractivity contribution in [2.75, 3.05) is 6.61 Å². The van der Waals surface area contributed by atoms with Gasteiger partial charge in [-0.05, 0) is 55.8 Å². The van der Waals surface area contributed by atoms with E-state index in [1.165, 1.54) is 21.9 Å². The number of benzene rings is 3. The number of aromatic nitrogens is 5.